The van der Waals surface area contributed by atoms with Gasteiger partial charge in [-0.05, 0) is 31.4 Å². The molecular formula is C15H24N4O2S. The van der Waals surface area contributed by atoms with E-state index < -0.39 is 0 Å². The highest BCUT2D eigenvalue weighted by molar-refractivity contribution is 8.00. The van der Waals surface area contributed by atoms with E-state index in [9.17, 15) is 4.79 Å². The monoisotopic (exact) mass is 324 g/mol. The zero-order valence-corrected chi connectivity index (χ0v) is 13.8. The van der Waals surface area contributed by atoms with E-state index in [4.69, 9.17) is 4.74 Å². The molecule has 122 valence electrons. The molecule has 0 bridgehead atoms. The number of aromatic nitrogens is 2. The Morgan fingerprint density at radius 1 is 1.55 bits per heavy atom. The van der Waals surface area contributed by atoms with Crippen LogP contribution >= 0.6 is 11.8 Å². The van der Waals surface area contributed by atoms with Crippen LogP contribution in [0.15, 0.2) is 12.5 Å². The van der Waals surface area contributed by atoms with Crippen molar-refractivity contribution in [3.05, 3.63) is 18.2 Å². The van der Waals surface area contributed by atoms with Crippen LogP contribution in [0.1, 0.15) is 37.5 Å². The Hall–Kier alpha value is -1.21. The standard InChI is InChI=1S/C15H24N4O2S/c1-19-10-16-9-13(19)14-7-11(4-5-21-14)18-15(20)17-8-12-3-2-6-22-12/h9-12,14H,2-8H2,1H3,(H2,17,18,20)/t11-,12+,14+/m1/s1. The van der Waals surface area contributed by atoms with Crippen LogP contribution < -0.4 is 10.6 Å². The number of carbonyl (C=O) groups is 1. The summed E-state index contributed by atoms with van der Waals surface area (Å²) in [6.07, 6.45) is 7.77. The molecule has 3 rings (SSSR count). The van der Waals surface area contributed by atoms with E-state index in [1.165, 1.54) is 18.6 Å². The number of ether oxygens (including phenoxy) is 1. The summed E-state index contributed by atoms with van der Waals surface area (Å²) in [4.78, 5) is 16.2. The predicted octanol–water partition coefficient (Wildman–Crippen LogP) is 1.83. The van der Waals surface area contributed by atoms with Crippen LogP contribution in [0, 0.1) is 0 Å². The number of urea groups is 1. The molecule has 1 aromatic heterocycles. The van der Waals surface area contributed by atoms with Gasteiger partial charge < -0.3 is 19.9 Å². The summed E-state index contributed by atoms with van der Waals surface area (Å²) < 4.78 is 7.80. The van der Waals surface area contributed by atoms with E-state index >= 15 is 0 Å². The lowest BCUT2D eigenvalue weighted by Crippen LogP contribution is -2.46. The Labute approximate surface area is 135 Å². The van der Waals surface area contributed by atoms with Gasteiger partial charge in [-0.3, -0.25) is 0 Å². The lowest BCUT2D eigenvalue weighted by molar-refractivity contribution is -0.00177. The second-order valence-corrected chi connectivity index (χ2v) is 7.41. The third kappa shape index (κ3) is 3.95. The lowest BCUT2D eigenvalue weighted by atomic mass is 10.0. The SMILES string of the molecule is Cn1cncc1[C@@H]1C[C@H](NC(=O)NC[C@@H]2CCCS2)CCO1. The van der Waals surface area contributed by atoms with Gasteiger partial charge in [-0.1, -0.05) is 0 Å². The molecule has 0 aliphatic carbocycles. The maximum absolute atomic E-state index is 12.0. The second-order valence-electron chi connectivity index (χ2n) is 6.00. The molecule has 2 fully saturated rings. The number of aryl methyl sites for hydroxylation is 1. The zero-order valence-electron chi connectivity index (χ0n) is 13.0. The molecule has 2 aliphatic rings. The van der Waals surface area contributed by atoms with Gasteiger partial charge >= 0.3 is 6.03 Å². The van der Waals surface area contributed by atoms with Crippen LogP contribution in [-0.2, 0) is 11.8 Å². The first-order valence-corrected chi connectivity index (χ1v) is 9.01. The summed E-state index contributed by atoms with van der Waals surface area (Å²) in [5, 5.41) is 6.67. The Morgan fingerprint density at radius 3 is 3.18 bits per heavy atom. The quantitative estimate of drug-likeness (QED) is 0.887. The highest BCUT2D eigenvalue weighted by Gasteiger charge is 2.27. The van der Waals surface area contributed by atoms with Crippen LogP contribution in [0.2, 0.25) is 0 Å². The Morgan fingerprint density at radius 2 is 2.45 bits per heavy atom. The van der Waals surface area contributed by atoms with Gasteiger partial charge in [0.25, 0.3) is 0 Å². The molecule has 3 heterocycles. The highest BCUT2D eigenvalue weighted by Crippen LogP contribution is 2.27. The molecule has 2 saturated heterocycles. The van der Waals surface area contributed by atoms with Crippen molar-refractivity contribution in [1.82, 2.24) is 20.2 Å². The molecule has 0 spiro atoms. The first-order chi connectivity index (χ1) is 10.7. The van der Waals surface area contributed by atoms with Gasteiger partial charge in [0.2, 0.25) is 0 Å². The molecule has 6 nitrogen and oxygen atoms in total. The van der Waals surface area contributed by atoms with Crippen molar-refractivity contribution in [3.8, 4) is 0 Å². The number of imidazole rings is 1. The summed E-state index contributed by atoms with van der Waals surface area (Å²) in [5.74, 6) is 1.22. The van der Waals surface area contributed by atoms with E-state index in [1.54, 1.807) is 6.33 Å². The smallest absolute Gasteiger partial charge is 0.315 e. The fourth-order valence-electron chi connectivity index (χ4n) is 3.06. The van der Waals surface area contributed by atoms with Crippen molar-refractivity contribution in [2.24, 2.45) is 7.05 Å². The lowest BCUT2D eigenvalue weighted by Gasteiger charge is -2.30. The number of nitrogens with one attached hydrogen (secondary N) is 2. The van der Waals surface area contributed by atoms with Crippen LogP contribution in [0.25, 0.3) is 0 Å². The molecule has 0 radical (unpaired) electrons. The van der Waals surface area contributed by atoms with Gasteiger partial charge in [0.15, 0.2) is 0 Å². The van der Waals surface area contributed by atoms with Gasteiger partial charge in [0.05, 0.1) is 18.2 Å². The average molecular weight is 324 g/mol. The average Bonchev–Trinajstić information content (AvgIpc) is 3.16. The van der Waals surface area contributed by atoms with Crippen molar-refractivity contribution < 1.29 is 9.53 Å². The fourth-order valence-corrected chi connectivity index (χ4v) is 4.26. The normalized spacial score (nSPS) is 28.5. The summed E-state index contributed by atoms with van der Waals surface area (Å²) in [6, 6.07) is 0.105. The van der Waals surface area contributed by atoms with Gasteiger partial charge in [-0.25, -0.2) is 9.78 Å². The predicted molar refractivity (Wildman–Crippen MR) is 86.9 cm³/mol. The van der Waals surface area contributed by atoms with Gasteiger partial charge in [-0.15, -0.1) is 0 Å². The molecule has 7 heteroatoms. The maximum atomic E-state index is 12.0. The van der Waals surface area contributed by atoms with Gasteiger partial charge in [-0.2, -0.15) is 11.8 Å². The Kier molecular flexibility index (Phi) is 5.25. The first-order valence-electron chi connectivity index (χ1n) is 7.96. The zero-order chi connectivity index (χ0) is 15.4. The van der Waals surface area contributed by atoms with E-state index in [2.05, 4.69) is 15.6 Å². The molecule has 0 saturated carbocycles. The molecule has 3 atom stereocenters. The minimum Gasteiger partial charge on any atom is -0.372 e. The van der Waals surface area contributed by atoms with Crippen LogP contribution in [0.3, 0.4) is 0 Å². The van der Waals surface area contributed by atoms with E-state index in [0.717, 1.165) is 25.1 Å². The summed E-state index contributed by atoms with van der Waals surface area (Å²) in [7, 11) is 1.97. The number of rotatable bonds is 4. The molecule has 0 aromatic carbocycles. The van der Waals surface area contributed by atoms with Crippen molar-refractivity contribution in [2.75, 3.05) is 18.9 Å². The summed E-state index contributed by atoms with van der Waals surface area (Å²) in [5.41, 5.74) is 1.06. The molecule has 1 aromatic rings. The van der Waals surface area contributed by atoms with Crippen molar-refractivity contribution in [3.63, 3.8) is 0 Å². The topological polar surface area (TPSA) is 68.2 Å². The molecule has 2 N–H and O–H groups in total. The largest absolute Gasteiger partial charge is 0.372 e. The van der Waals surface area contributed by atoms with Crippen molar-refractivity contribution >= 4 is 17.8 Å². The second kappa shape index (κ2) is 7.37. The van der Waals surface area contributed by atoms with Crippen molar-refractivity contribution in [2.45, 2.75) is 43.1 Å². The number of hydrogen-bond donors (Lipinski definition) is 2. The minimum atomic E-state index is -0.0526. The Bertz CT molecular complexity index is 501. The van der Waals surface area contributed by atoms with Crippen LogP contribution in [0.5, 0.6) is 0 Å². The van der Waals surface area contributed by atoms with E-state index in [0.29, 0.717) is 11.9 Å². The third-order valence-electron chi connectivity index (χ3n) is 4.32. The Balaban J connectivity index is 1.45. The number of nitrogens with zero attached hydrogens (tertiary/aromatic N) is 2. The van der Waals surface area contributed by atoms with E-state index in [-0.39, 0.29) is 18.2 Å². The van der Waals surface area contributed by atoms with Gasteiger partial charge in [0, 0.05) is 31.5 Å². The maximum Gasteiger partial charge on any atom is 0.315 e. The fraction of sp³-hybridized carbons (Fsp3) is 0.733. The minimum absolute atomic E-state index is 0.0111. The third-order valence-corrected chi connectivity index (χ3v) is 5.72. The number of amides is 2. The molecular weight excluding hydrogens is 300 g/mol. The van der Waals surface area contributed by atoms with Crippen LogP contribution in [-0.4, -0.2) is 45.8 Å². The molecule has 22 heavy (non-hydrogen) atoms. The van der Waals surface area contributed by atoms with Crippen molar-refractivity contribution in [1.29, 1.82) is 0 Å². The molecule has 2 amide bonds. The first kappa shape index (κ1) is 15.7. The van der Waals surface area contributed by atoms with Gasteiger partial charge in [0.1, 0.15) is 6.10 Å². The molecule has 2 aliphatic heterocycles. The number of carbonyl (C=O) groups excluding carboxylic acids is 1. The van der Waals surface area contributed by atoms with Crippen LogP contribution in [0.4, 0.5) is 4.79 Å². The van der Waals surface area contributed by atoms with E-state index in [1.807, 2.05) is 29.6 Å². The number of hydrogen-bond acceptors (Lipinski definition) is 4. The number of thioether (sulfide) groups is 1. The summed E-state index contributed by atoms with van der Waals surface area (Å²) >= 11 is 1.96. The highest BCUT2D eigenvalue weighted by atomic mass is 32.2. The summed E-state index contributed by atoms with van der Waals surface area (Å²) in [6.45, 7) is 1.43. The molecule has 0 unspecified atom stereocenters.